The van der Waals surface area contributed by atoms with Crippen LogP contribution in [0.15, 0.2) is 22.7 Å². The van der Waals surface area contributed by atoms with E-state index in [4.69, 9.17) is 4.98 Å². The van der Waals surface area contributed by atoms with Gasteiger partial charge in [0.15, 0.2) is 0 Å². The van der Waals surface area contributed by atoms with Gasteiger partial charge in [-0.3, -0.25) is 0 Å². The topological polar surface area (TPSA) is 24.9 Å². The number of rotatable bonds is 6. The van der Waals surface area contributed by atoms with Crippen LogP contribution >= 0.6 is 27.3 Å². The van der Waals surface area contributed by atoms with Crippen LogP contribution in [0.5, 0.6) is 0 Å². The first-order valence-electron chi connectivity index (χ1n) is 6.80. The van der Waals surface area contributed by atoms with Crippen LogP contribution in [0.25, 0.3) is 10.6 Å². The molecular formula is C15H18BrFN2S. The number of hydrogen-bond acceptors (Lipinski definition) is 3. The molecule has 0 bridgehead atoms. The normalized spacial score (nSPS) is 11.0. The molecule has 0 saturated heterocycles. The summed E-state index contributed by atoms with van der Waals surface area (Å²) in [4.78, 5) is 6.01. The molecule has 0 aliphatic rings. The highest BCUT2D eigenvalue weighted by molar-refractivity contribution is 9.10. The zero-order chi connectivity index (χ0) is 14.5. The highest BCUT2D eigenvalue weighted by atomic mass is 79.9. The molecule has 1 heterocycles. The number of nitrogens with zero attached hydrogens (tertiary/aromatic N) is 1. The second-order valence-corrected chi connectivity index (χ2v) is 6.49. The molecule has 0 atom stereocenters. The Morgan fingerprint density at radius 2 is 2.15 bits per heavy atom. The van der Waals surface area contributed by atoms with Gasteiger partial charge in [-0.05, 0) is 47.1 Å². The minimum atomic E-state index is -0.244. The van der Waals surface area contributed by atoms with Gasteiger partial charge in [0.05, 0.1) is 10.2 Å². The predicted octanol–water partition coefficient (Wildman–Crippen LogP) is 4.77. The molecule has 0 amide bonds. The van der Waals surface area contributed by atoms with Gasteiger partial charge < -0.3 is 5.32 Å². The van der Waals surface area contributed by atoms with Crippen molar-refractivity contribution in [2.45, 2.75) is 33.2 Å². The molecule has 2 aromatic rings. The number of hydrogen-bond donors (Lipinski definition) is 1. The Hall–Kier alpha value is -0.780. The van der Waals surface area contributed by atoms with E-state index in [2.05, 4.69) is 35.1 Å². The third-order valence-corrected chi connectivity index (χ3v) is 4.72. The number of nitrogens with one attached hydrogen (secondary N) is 1. The highest BCUT2D eigenvalue weighted by Gasteiger charge is 2.12. The maximum Gasteiger partial charge on any atom is 0.137 e. The SMILES string of the molecule is CCCc1nc(-c2ccc(F)c(Br)c2)sc1CNCC. The first-order valence-corrected chi connectivity index (χ1v) is 8.41. The van der Waals surface area contributed by atoms with Gasteiger partial charge in [0.2, 0.25) is 0 Å². The van der Waals surface area contributed by atoms with Gasteiger partial charge in [-0.15, -0.1) is 11.3 Å². The van der Waals surface area contributed by atoms with E-state index in [9.17, 15) is 4.39 Å². The second-order valence-electron chi connectivity index (χ2n) is 4.55. The van der Waals surface area contributed by atoms with Crippen LogP contribution in [0.3, 0.4) is 0 Å². The molecule has 0 aliphatic heterocycles. The first kappa shape index (κ1) is 15.6. The molecule has 0 saturated carbocycles. The van der Waals surface area contributed by atoms with Crippen LogP contribution in [-0.2, 0) is 13.0 Å². The lowest BCUT2D eigenvalue weighted by Crippen LogP contribution is -2.11. The molecule has 1 N–H and O–H groups in total. The number of aryl methyl sites for hydroxylation is 1. The summed E-state index contributed by atoms with van der Waals surface area (Å²) in [6, 6.07) is 5.05. The molecule has 5 heteroatoms. The molecule has 1 aromatic carbocycles. The summed E-state index contributed by atoms with van der Waals surface area (Å²) in [6.07, 6.45) is 2.06. The quantitative estimate of drug-likeness (QED) is 0.805. The third-order valence-electron chi connectivity index (χ3n) is 2.97. The standard InChI is InChI=1S/C15H18BrFN2S/c1-3-5-13-14(9-18-4-2)20-15(19-13)10-6-7-12(17)11(16)8-10/h6-8,18H,3-5,9H2,1-2H3. The van der Waals surface area contributed by atoms with Gasteiger partial charge in [0.25, 0.3) is 0 Å². The van der Waals surface area contributed by atoms with Crippen molar-refractivity contribution in [2.75, 3.05) is 6.54 Å². The van der Waals surface area contributed by atoms with Gasteiger partial charge in [-0.2, -0.15) is 0 Å². The van der Waals surface area contributed by atoms with E-state index >= 15 is 0 Å². The fraction of sp³-hybridized carbons (Fsp3) is 0.400. The summed E-state index contributed by atoms with van der Waals surface area (Å²) in [6.45, 7) is 6.05. The van der Waals surface area contributed by atoms with E-state index in [-0.39, 0.29) is 5.82 Å². The van der Waals surface area contributed by atoms with Crippen molar-refractivity contribution in [2.24, 2.45) is 0 Å². The average molecular weight is 357 g/mol. The molecule has 0 spiro atoms. The number of benzene rings is 1. The lowest BCUT2D eigenvalue weighted by molar-refractivity contribution is 0.621. The fourth-order valence-electron chi connectivity index (χ4n) is 1.94. The molecule has 20 heavy (non-hydrogen) atoms. The van der Waals surface area contributed by atoms with Gasteiger partial charge in [-0.1, -0.05) is 20.3 Å². The Balaban J connectivity index is 2.33. The zero-order valence-corrected chi connectivity index (χ0v) is 14.1. The molecule has 0 fully saturated rings. The van der Waals surface area contributed by atoms with E-state index in [0.717, 1.165) is 42.2 Å². The van der Waals surface area contributed by atoms with E-state index in [1.54, 1.807) is 23.5 Å². The molecule has 108 valence electrons. The maximum absolute atomic E-state index is 13.3. The zero-order valence-electron chi connectivity index (χ0n) is 11.7. The summed E-state index contributed by atoms with van der Waals surface area (Å²) in [7, 11) is 0. The van der Waals surface area contributed by atoms with Gasteiger partial charge in [-0.25, -0.2) is 9.37 Å². The van der Waals surface area contributed by atoms with Gasteiger partial charge in [0, 0.05) is 17.0 Å². The van der Waals surface area contributed by atoms with E-state index in [1.807, 2.05) is 0 Å². The van der Waals surface area contributed by atoms with Crippen LogP contribution in [0.4, 0.5) is 4.39 Å². The minimum absolute atomic E-state index is 0.244. The lowest BCUT2D eigenvalue weighted by Gasteiger charge is -2.00. The first-order chi connectivity index (χ1) is 9.65. The largest absolute Gasteiger partial charge is 0.312 e. The van der Waals surface area contributed by atoms with Gasteiger partial charge >= 0.3 is 0 Å². The Labute approximate surface area is 131 Å². The number of halogens is 2. The van der Waals surface area contributed by atoms with Crippen LogP contribution in [0.2, 0.25) is 0 Å². The van der Waals surface area contributed by atoms with E-state index in [1.165, 1.54) is 10.9 Å². The van der Waals surface area contributed by atoms with Crippen molar-refractivity contribution in [1.82, 2.24) is 10.3 Å². The number of thiazole rings is 1. The summed E-state index contributed by atoms with van der Waals surface area (Å²) in [5, 5.41) is 4.31. The lowest BCUT2D eigenvalue weighted by atomic mass is 10.2. The van der Waals surface area contributed by atoms with Gasteiger partial charge in [0.1, 0.15) is 10.8 Å². The molecule has 0 radical (unpaired) electrons. The average Bonchev–Trinajstić information content (AvgIpc) is 2.83. The van der Waals surface area contributed by atoms with Crippen molar-refractivity contribution in [3.05, 3.63) is 39.1 Å². The van der Waals surface area contributed by atoms with E-state index in [0.29, 0.717) is 4.47 Å². The molecule has 0 aliphatic carbocycles. The maximum atomic E-state index is 13.3. The Morgan fingerprint density at radius 3 is 2.80 bits per heavy atom. The van der Waals surface area contributed by atoms with Crippen molar-refractivity contribution < 1.29 is 4.39 Å². The predicted molar refractivity (Wildman–Crippen MR) is 86.6 cm³/mol. The minimum Gasteiger partial charge on any atom is -0.312 e. The molecule has 2 nitrogen and oxygen atoms in total. The summed E-state index contributed by atoms with van der Waals surface area (Å²) in [5.41, 5.74) is 2.12. The van der Waals surface area contributed by atoms with Crippen LogP contribution in [-0.4, -0.2) is 11.5 Å². The Morgan fingerprint density at radius 1 is 1.35 bits per heavy atom. The smallest absolute Gasteiger partial charge is 0.137 e. The third kappa shape index (κ3) is 3.65. The summed E-state index contributed by atoms with van der Waals surface area (Å²) >= 11 is 4.92. The van der Waals surface area contributed by atoms with Crippen LogP contribution < -0.4 is 5.32 Å². The van der Waals surface area contributed by atoms with Crippen molar-refractivity contribution in [3.63, 3.8) is 0 Å². The second kappa shape index (κ2) is 7.29. The van der Waals surface area contributed by atoms with Crippen molar-refractivity contribution >= 4 is 27.3 Å². The highest BCUT2D eigenvalue weighted by Crippen LogP contribution is 2.31. The monoisotopic (exact) mass is 356 g/mol. The Kier molecular flexibility index (Phi) is 5.69. The number of aromatic nitrogens is 1. The molecular weight excluding hydrogens is 339 g/mol. The van der Waals surface area contributed by atoms with Crippen LogP contribution in [0, 0.1) is 5.82 Å². The van der Waals surface area contributed by atoms with Crippen LogP contribution in [0.1, 0.15) is 30.8 Å². The molecule has 2 rings (SSSR count). The van der Waals surface area contributed by atoms with E-state index < -0.39 is 0 Å². The molecule has 0 unspecified atom stereocenters. The molecule has 1 aromatic heterocycles. The Bertz CT molecular complexity index is 583. The summed E-state index contributed by atoms with van der Waals surface area (Å²) in [5.74, 6) is -0.244. The summed E-state index contributed by atoms with van der Waals surface area (Å²) < 4.78 is 13.8. The fourth-order valence-corrected chi connectivity index (χ4v) is 3.40. The van der Waals surface area contributed by atoms with Crippen molar-refractivity contribution in [1.29, 1.82) is 0 Å². The van der Waals surface area contributed by atoms with Crippen molar-refractivity contribution in [3.8, 4) is 10.6 Å².